The van der Waals surface area contributed by atoms with E-state index in [2.05, 4.69) is 12.2 Å². The number of fused-ring (bicyclic) bond motifs is 1. The first-order valence-electron chi connectivity index (χ1n) is 11.0. The van der Waals surface area contributed by atoms with Gasteiger partial charge in [-0.2, -0.15) is 5.26 Å². The second-order valence-electron chi connectivity index (χ2n) is 7.79. The van der Waals surface area contributed by atoms with E-state index in [9.17, 15) is 14.4 Å². The highest BCUT2D eigenvalue weighted by Crippen LogP contribution is 2.31. The second kappa shape index (κ2) is 10.5. The van der Waals surface area contributed by atoms with Gasteiger partial charge in [-0.3, -0.25) is 4.79 Å². The van der Waals surface area contributed by atoms with Crippen LogP contribution in [0.15, 0.2) is 90.5 Å². The number of nitrogens with one attached hydrogen (secondary N) is 1. The summed E-state index contributed by atoms with van der Waals surface area (Å²) < 4.78 is 19.3. The van der Waals surface area contributed by atoms with Gasteiger partial charge in [0.2, 0.25) is 0 Å². The standard InChI is InChI=1S/C29H23FN2O2/c1-2-20-9-14-25(15-10-20)32-29(33)23(18-31)17-27-26-6-4-3-5-22(26)11-16-28(27)34-19-21-7-12-24(30)13-8-21/h3-17H,2,19H2,1H3,(H,32,33)/b23-17+. The van der Waals surface area contributed by atoms with Crippen LogP contribution < -0.4 is 10.1 Å². The molecule has 4 aromatic carbocycles. The number of hydrogen-bond acceptors (Lipinski definition) is 3. The van der Waals surface area contributed by atoms with Crippen molar-refractivity contribution in [3.05, 3.63) is 113 Å². The van der Waals surface area contributed by atoms with E-state index < -0.39 is 5.91 Å². The minimum Gasteiger partial charge on any atom is -0.488 e. The van der Waals surface area contributed by atoms with Crippen LogP contribution in [0.1, 0.15) is 23.6 Å². The molecule has 0 heterocycles. The number of carbonyl (C=O) groups excluding carboxylic acids is 1. The zero-order valence-corrected chi connectivity index (χ0v) is 18.7. The Hall–Kier alpha value is -4.43. The van der Waals surface area contributed by atoms with Crippen molar-refractivity contribution in [1.82, 2.24) is 0 Å². The molecular formula is C29H23FN2O2. The minimum absolute atomic E-state index is 0.0393. The smallest absolute Gasteiger partial charge is 0.266 e. The van der Waals surface area contributed by atoms with E-state index in [1.54, 1.807) is 18.2 Å². The zero-order valence-electron chi connectivity index (χ0n) is 18.7. The maximum absolute atomic E-state index is 13.2. The number of amides is 1. The van der Waals surface area contributed by atoms with Crippen LogP contribution in [0.25, 0.3) is 16.8 Å². The molecule has 4 aromatic rings. The minimum atomic E-state index is -0.496. The molecule has 0 saturated carbocycles. The highest BCUT2D eigenvalue weighted by Gasteiger charge is 2.14. The monoisotopic (exact) mass is 450 g/mol. The van der Waals surface area contributed by atoms with Gasteiger partial charge in [-0.15, -0.1) is 0 Å². The molecule has 0 fully saturated rings. The Morgan fingerprint density at radius 3 is 2.38 bits per heavy atom. The normalized spacial score (nSPS) is 11.1. The van der Waals surface area contributed by atoms with Crippen LogP contribution in [0.2, 0.25) is 0 Å². The molecule has 5 heteroatoms. The van der Waals surface area contributed by atoms with E-state index in [1.165, 1.54) is 12.1 Å². The Balaban J connectivity index is 1.66. The number of carbonyl (C=O) groups is 1. The van der Waals surface area contributed by atoms with Crippen molar-refractivity contribution in [3.8, 4) is 11.8 Å². The Bertz CT molecular complexity index is 1380. The molecule has 0 aromatic heterocycles. The van der Waals surface area contributed by atoms with Crippen LogP contribution in [0.3, 0.4) is 0 Å². The first kappa shape index (κ1) is 22.8. The highest BCUT2D eigenvalue weighted by molar-refractivity contribution is 6.11. The van der Waals surface area contributed by atoms with Crippen molar-refractivity contribution in [2.75, 3.05) is 5.32 Å². The van der Waals surface area contributed by atoms with Crippen LogP contribution >= 0.6 is 0 Å². The molecule has 0 aliphatic rings. The summed E-state index contributed by atoms with van der Waals surface area (Å²) in [5, 5.41) is 14.4. The third-order valence-corrected chi connectivity index (χ3v) is 5.51. The molecule has 0 aliphatic carbocycles. The number of anilines is 1. The fourth-order valence-corrected chi connectivity index (χ4v) is 3.61. The topological polar surface area (TPSA) is 62.1 Å². The molecule has 0 unspecified atom stereocenters. The van der Waals surface area contributed by atoms with Crippen molar-refractivity contribution in [2.24, 2.45) is 0 Å². The van der Waals surface area contributed by atoms with Gasteiger partial charge in [0.1, 0.15) is 29.8 Å². The molecule has 1 N–H and O–H groups in total. The third kappa shape index (κ3) is 5.31. The number of hydrogen-bond donors (Lipinski definition) is 1. The van der Waals surface area contributed by atoms with Crippen molar-refractivity contribution >= 4 is 28.4 Å². The summed E-state index contributed by atoms with van der Waals surface area (Å²) >= 11 is 0. The number of aryl methyl sites for hydroxylation is 1. The van der Waals surface area contributed by atoms with E-state index >= 15 is 0 Å². The number of halogens is 1. The van der Waals surface area contributed by atoms with Gasteiger partial charge in [0.25, 0.3) is 5.91 Å². The summed E-state index contributed by atoms with van der Waals surface area (Å²) in [6.07, 6.45) is 2.46. The van der Waals surface area contributed by atoms with Gasteiger partial charge in [-0.1, -0.05) is 61.5 Å². The van der Waals surface area contributed by atoms with E-state index in [0.717, 1.165) is 28.3 Å². The van der Waals surface area contributed by atoms with Gasteiger partial charge in [0.05, 0.1) is 0 Å². The van der Waals surface area contributed by atoms with Crippen LogP contribution in [0, 0.1) is 17.1 Å². The molecule has 1 amide bonds. The number of rotatable bonds is 7. The summed E-state index contributed by atoms with van der Waals surface area (Å²) in [6, 6.07) is 27.0. The fraction of sp³-hybridized carbons (Fsp3) is 0.103. The van der Waals surface area contributed by atoms with Crippen LogP contribution in [-0.2, 0) is 17.8 Å². The van der Waals surface area contributed by atoms with Crippen molar-refractivity contribution in [2.45, 2.75) is 20.0 Å². The summed E-state index contributed by atoms with van der Waals surface area (Å²) in [6.45, 7) is 2.28. The van der Waals surface area contributed by atoms with Crippen LogP contribution in [0.4, 0.5) is 10.1 Å². The van der Waals surface area contributed by atoms with Gasteiger partial charge in [0.15, 0.2) is 0 Å². The average molecular weight is 451 g/mol. The van der Waals surface area contributed by atoms with E-state index in [-0.39, 0.29) is 18.0 Å². The van der Waals surface area contributed by atoms with E-state index in [0.29, 0.717) is 17.0 Å². The first-order valence-corrected chi connectivity index (χ1v) is 11.0. The molecule has 34 heavy (non-hydrogen) atoms. The largest absolute Gasteiger partial charge is 0.488 e. The van der Waals surface area contributed by atoms with Gasteiger partial charge in [-0.05, 0) is 64.7 Å². The lowest BCUT2D eigenvalue weighted by Gasteiger charge is -2.13. The molecule has 0 atom stereocenters. The fourth-order valence-electron chi connectivity index (χ4n) is 3.61. The Kier molecular flexibility index (Phi) is 7.00. The van der Waals surface area contributed by atoms with Gasteiger partial charge in [0, 0.05) is 11.3 Å². The van der Waals surface area contributed by atoms with Gasteiger partial charge in [-0.25, -0.2) is 4.39 Å². The van der Waals surface area contributed by atoms with Crippen molar-refractivity contribution in [3.63, 3.8) is 0 Å². The highest BCUT2D eigenvalue weighted by atomic mass is 19.1. The predicted molar refractivity (Wildman–Crippen MR) is 133 cm³/mol. The molecule has 4 rings (SSSR count). The zero-order chi connectivity index (χ0) is 23.9. The summed E-state index contributed by atoms with van der Waals surface area (Å²) in [7, 11) is 0. The lowest BCUT2D eigenvalue weighted by molar-refractivity contribution is -0.112. The molecule has 4 nitrogen and oxygen atoms in total. The second-order valence-corrected chi connectivity index (χ2v) is 7.79. The number of nitrogens with zero attached hydrogens (tertiary/aromatic N) is 1. The Labute approximate surface area is 197 Å². The van der Waals surface area contributed by atoms with Gasteiger partial charge >= 0.3 is 0 Å². The number of ether oxygens (including phenoxy) is 1. The maximum atomic E-state index is 13.2. The van der Waals surface area contributed by atoms with Crippen LogP contribution in [0.5, 0.6) is 5.75 Å². The summed E-state index contributed by atoms with van der Waals surface area (Å²) in [5.74, 6) is -0.285. The third-order valence-electron chi connectivity index (χ3n) is 5.51. The van der Waals surface area contributed by atoms with Crippen molar-refractivity contribution in [1.29, 1.82) is 5.26 Å². The van der Waals surface area contributed by atoms with E-state index in [1.807, 2.05) is 66.7 Å². The predicted octanol–water partition coefficient (Wildman–Crippen LogP) is 6.67. The molecule has 0 saturated heterocycles. The van der Waals surface area contributed by atoms with Crippen LogP contribution in [-0.4, -0.2) is 5.91 Å². The molecule has 168 valence electrons. The van der Waals surface area contributed by atoms with Crippen molar-refractivity contribution < 1.29 is 13.9 Å². The Morgan fingerprint density at radius 1 is 0.971 bits per heavy atom. The van der Waals surface area contributed by atoms with Gasteiger partial charge < -0.3 is 10.1 Å². The first-order chi connectivity index (χ1) is 16.6. The molecule has 0 radical (unpaired) electrons. The molecule has 0 aliphatic heterocycles. The molecular weight excluding hydrogens is 427 g/mol. The summed E-state index contributed by atoms with van der Waals surface area (Å²) in [5.41, 5.74) is 3.18. The number of nitriles is 1. The molecule has 0 bridgehead atoms. The quantitative estimate of drug-likeness (QED) is 0.253. The lowest BCUT2D eigenvalue weighted by Crippen LogP contribution is -2.13. The molecule has 0 spiro atoms. The summed E-state index contributed by atoms with van der Waals surface area (Å²) in [4.78, 5) is 12.9. The number of benzene rings is 4. The maximum Gasteiger partial charge on any atom is 0.266 e. The van der Waals surface area contributed by atoms with E-state index in [4.69, 9.17) is 4.74 Å². The average Bonchev–Trinajstić information content (AvgIpc) is 2.87. The lowest BCUT2D eigenvalue weighted by atomic mass is 10.0. The SMILES string of the molecule is CCc1ccc(NC(=O)/C(C#N)=C/c2c(OCc3ccc(F)cc3)ccc3ccccc23)cc1. The Morgan fingerprint density at radius 2 is 1.68 bits per heavy atom.